The monoisotopic (exact) mass is 454 g/mol. The highest BCUT2D eigenvalue weighted by Crippen LogP contribution is 2.36. The number of halogens is 4. The fraction of sp³-hybridized carbons (Fsp3) is 0.611. The van der Waals surface area contributed by atoms with Crippen LogP contribution in [0.5, 0.6) is 0 Å². The van der Waals surface area contributed by atoms with Crippen molar-refractivity contribution in [1.82, 2.24) is 9.21 Å². The zero-order valence-corrected chi connectivity index (χ0v) is 17.2. The summed E-state index contributed by atoms with van der Waals surface area (Å²) in [6.45, 7) is 1.17. The van der Waals surface area contributed by atoms with E-state index in [1.807, 2.05) is 0 Å². The predicted molar refractivity (Wildman–Crippen MR) is 100 cm³/mol. The van der Waals surface area contributed by atoms with Crippen LogP contribution in [0.25, 0.3) is 0 Å². The smallest absolute Gasteiger partial charge is 0.378 e. The van der Waals surface area contributed by atoms with E-state index in [1.54, 1.807) is 4.90 Å². The van der Waals surface area contributed by atoms with Crippen molar-refractivity contribution in [1.29, 1.82) is 0 Å². The van der Waals surface area contributed by atoms with Crippen LogP contribution in [0.15, 0.2) is 23.1 Å². The van der Waals surface area contributed by atoms with E-state index in [1.165, 1.54) is 0 Å². The molecule has 0 aliphatic carbocycles. The van der Waals surface area contributed by atoms with Gasteiger partial charge in [0.05, 0.1) is 21.6 Å². The molecule has 1 aromatic carbocycles. The normalized spacial score (nSPS) is 21.5. The summed E-state index contributed by atoms with van der Waals surface area (Å²) in [5.74, 6) is -0.0663. The van der Waals surface area contributed by atoms with Crippen LogP contribution >= 0.6 is 11.6 Å². The Morgan fingerprint density at radius 3 is 2.48 bits per heavy atom. The van der Waals surface area contributed by atoms with E-state index < -0.39 is 31.7 Å². The fourth-order valence-electron chi connectivity index (χ4n) is 3.52. The van der Waals surface area contributed by atoms with Crippen LogP contribution in [0.1, 0.15) is 31.2 Å². The van der Waals surface area contributed by atoms with E-state index in [0.29, 0.717) is 18.9 Å². The van der Waals surface area contributed by atoms with Gasteiger partial charge < -0.3 is 9.64 Å². The minimum absolute atomic E-state index is 0.0258. The number of hydrogen-bond acceptors (Lipinski definition) is 4. The summed E-state index contributed by atoms with van der Waals surface area (Å²) >= 11 is 5.57. The molecule has 162 valence electrons. The summed E-state index contributed by atoms with van der Waals surface area (Å²) in [6, 6.07) is 2.55. The molecule has 2 fully saturated rings. The Labute approximate surface area is 172 Å². The molecule has 3 rings (SSSR count). The Bertz CT molecular complexity index is 849. The summed E-state index contributed by atoms with van der Waals surface area (Å²) in [5, 5.41) is -0.557. The molecule has 2 saturated heterocycles. The molecule has 1 aromatic rings. The zero-order valence-electron chi connectivity index (χ0n) is 15.6. The second-order valence-corrected chi connectivity index (χ2v) is 9.44. The van der Waals surface area contributed by atoms with Gasteiger partial charge in [-0.2, -0.15) is 17.5 Å². The number of rotatable bonds is 5. The molecule has 1 unspecified atom stereocenters. The van der Waals surface area contributed by atoms with Crippen molar-refractivity contribution in [3.63, 3.8) is 0 Å². The molecule has 0 radical (unpaired) electrons. The lowest BCUT2D eigenvalue weighted by Gasteiger charge is -2.34. The Hall–Kier alpha value is -1.36. The van der Waals surface area contributed by atoms with E-state index >= 15 is 0 Å². The summed E-state index contributed by atoms with van der Waals surface area (Å²) in [6.07, 6.45) is -1.73. The maximum atomic E-state index is 13.0. The van der Waals surface area contributed by atoms with Gasteiger partial charge in [-0.25, -0.2) is 8.42 Å². The summed E-state index contributed by atoms with van der Waals surface area (Å²) in [7, 11) is -4.12. The molecule has 0 saturated carbocycles. The number of amides is 1. The number of carbonyl (C=O) groups is 1. The van der Waals surface area contributed by atoms with Gasteiger partial charge in [-0.05, 0) is 37.5 Å². The maximum Gasteiger partial charge on any atom is 0.417 e. The van der Waals surface area contributed by atoms with E-state index in [-0.39, 0.29) is 38.2 Å². The fourth-order valence-corrected chi connectivity index (χ4v) is 5.20. The van der Waals surface area contributed by atoms with E-state index in [9.17, 15) is 26.4 Å². The van der Waals surface area contributed by atoms with Crippen LogP contribution in [0.3, 0.4) is 0 Å². The molecule has 1 atom stereocenters. The lowest BCUT2D eigenvalue weighted by Crippen LogP contribution is -2.50. The standard InChI is InChI=1S/C18H22ClF3N2O4S/c19-16-5-4-14(12-15(16)18(20,21)22)29(26,27)24-9-7-23(8-10-24)17(25)6-3-13-2-1-11-28-13/h4-5,12-13H,1-3,6-11H2. The first-order chi connectivity index (χ1) is 13.6. The van der Waals surface area contributed by atoms with Crippen molar-refractivity contribution in [3.05, 3.63) is 28.8 Å². The van der Waals surface area contributed by atoms with Gasteiger partial charge in [0.2, 0.25) is 15.9 Å². The Balaban J connectivity index is 1.61. The molecule has 0 spiro atoms. The van der Waals surface area contributed by atoms with Gasteiger partial charge in [0.25, 0.3) is 0 Å². The topological polar surface area (TPSA) is 66.9 Å². The van der Waals surface area contributed by atoms with Gasteiger partial charge in [-0.1, -0.05) is 11.6 Å². The number of hydrogen-bond donors (Lipinski definition) is 0. The molecule has 0 bridgehead atoms. The molecule has 29 heavy (non-hydrogen) atoms. The first kappa shape index (κ1) is 22.3. The van der Waals surface area contributed by atoms with Crippen molar-refractivity contribution < 1.29 is 31.1 Å². The van der Waals surface area contributed by atoms with Gasteiger partial charge in [0, 0.05) is 39.2 Å². The average molecular weight is 455 g/mol. The van der Waals surface area contributed by atoms with Gasteiger partial charge in [-0.3, -0.25) is 4.79 Å². The highest BCUT2D eigenvalue weighted by molar-refractivity contribution is 7.89. The number of carbonyl (C=O) groups excluding carboxylic acids is 1. The lowest BCUT2D eigenvalue weighted by molar-refractivity contribution is -0.137. The van der Waals surface area contributed by atoms with Gasteiger partial charge >= 0.3 is 6.18 Å². The Kier molecular flexibility index (Phi) is 6.77. The molecular formula is C18H22ClF3N2O4S. The maximum absolute atomic E-state index is 13.0. The predicted octanol–water partition coefficient (Wildman–Crippen LogP) is 3.15. The highest BCUT2D eigenvalue weighted by Gasteiger charge is 2.36. The largest absolute Gasteiger partial charge is 0.417 e. The number of sulfonamides is 1. The lowest BCUT2D eigenvalue weighted by atomic mass is 10.1. The summed E-state index contributed by atoms with van der Waals surface area (Å²) < 4.78 is 71.2. The minimum atomic E-state index is -4.75. The molecule has 6 nitrogen and oxygen atoms in total. The second kappa shape index (κ2) is 8.79. The average Bonchev–Trinajstić information content (AvgIpc) is 3.19. The first-order valence-electron chi connectivity index (χ1n) is 9.35. The van der Waals surface area contributed by atoms with Crippen LogP contribution in [-0.2, 0) is 25.7 Å². The number of benzene rings is 1. The summed E-state index contributed by atoms with van der Waals surface area (Å²) in [4.78, 5) is 13.5. The highest BCUT2D eigenvalue weighted by atomic mass is 35.5. The van der Waals surface area contributed by atoms with Gasteiger partial charge in [0.15, 0.2) is 0 Å². The second-order valence-electron chi connectivity index (χ2n) is 7.10. The Morgan fingerprint density at radius 1 is 1.21 bits per heavy atom. The van der Waals surface area contributed by atoms with Crippen LogP contribution < -0.4 is 0 Å². The molecule has 0 N–H and O–H groups in total. The van der Waals surface area contributed by atoms with Crippen LogP contribution in [0.4, 0.5) is 13.2 Å². The molecule has 0 aromatic heterocycles. The first-order valence-corrected chi connectivity index (χ1v) is 11.2. The molecule has 2 heterocycles. The molecule has 2 aliphatic heterocycles. The third-order valence-corrected chi connectivity index (χ3v) is 7.40. The Morgan fingerprint density at radius 2 is 1.90 bits per heavy atom. The van der Waals surface area contributed by atoms with E-state index in [4.69, 9.17) is 16.3 Å². The van der Waals surface area contributed by atoms with Gasteiger partial charge in [0.1, 0.15) is 0 Å². The van der Waals surface area contributed by atoms with Crippen molar-refractivity contribution in [2.45, 2.75) is 42.9 Å². The van der Waals surface area contributed by atoms with Gasteiger partial charge in [-0.15, -0.1) is 0 Å². The molecule has 1 amide bonds. The van der Waals surface area contributed by atoms with Crippen molar-refractivity contribution >= 4 is 27.5 Å². The van der Waals surface area contributed by atoms with Crippen LogP contribution in [0, 0.1) is 0 Å². The number of alkyl halides is 3. The molecule has 2 aliphatic rings. The van der Waals surface area contributed by atoms with E-state index in [2.05, 4.69) is 0 Å². The van der Waals surface area contributed by atoms with E-state index in [0.717, 1.165) is 35.9 Å². The number of ether oxygens (including phenoxy) is 1. The third kappa shape index (κ3) is 5.22. The SMILES string of the molecule is O=C(CCC1CCCO1)N1CCN(S(=O)(=O)c2ccc(Cl)c(C(F)(F)F)c2)CC1. The van der Waals surface area contributed by atoms with Crippen molar-refractivity contribution in [2.24, 2.45) is 0 Å². The van der Waals surface area contributed by atoms with Crippen molar-refractivity contribution in [2.75, 3.05) is 32.8 Å². The van der Waals surface area contributed by atoms with Crippen LogP contribution in [-0.4, -0.2) is 62.4 Å². The molecular weight excluding hydrogens is 433 g/mol. The third-order valence-electron chi connectivity index (χ3n) is 5.18. The zero-order chi connectivity index (χ0) is 21.2. The van der Waals surface area contributed by atoms with Crippen LogP contribution in [0.2, 0.25) is 5.02 Å². The summed E-state index contributed by atoms with van der Waals surface area (Å²) in [5.41, 5.74) is -1.19. The van der Waals surface area contributed by atoms with Crippen molar-refractivity contribution in [3.8, 4) is 0 Å². The molecule has 11 heteroatoms. The quantitative estimate of drug-likeness (QED) is 0.685. The number of nitrogens with zero attached hydrogens (tertiary/aromatic N) is 2. The minimum Gasteiger partial charge on any atom is -0.378 e. The number of piperazine rings is 1.